The molecule has 1 aliphatic heterocycles. The van der Waals surface area contributed by atoms with Gasteiger partial charge in [-0.15, -0.1) is 10.2 Å². The van der Waals surface area contributed by atoms with Gasteiger partial charge < -0.3 is 15.5 Å². The third kappa shape index (κ3) is 1.65. The molecule has 1 aromatic rings. The van der Waals surface area contributed by atoms with Crippen LogP contribution in [0.4, 0.5) is 0 Å². The maximum absolute atomic E-state index is 5.50. The van der Waals surface area contributed by atoms with Gasteiger partial charge in [0, 0.05) is 0 Å². The Morgan fingerprint density at radius 3 is 2.93 bits per heavy atom. The van der Waals surface area contributed by atoms with Crippen LogP contribution in [0, 0.1) is 6.92 Å². The summed E-state index contributed by atoms with van der Waals surface area (Å²) in [6.45, 7) is 1.88. The number of nitrogens with one attached hydrogen (secondary N) is 1. The van der Waals surface area contributed by atoms with Crippen LogP contribution in [0.25, 0.3) is 0 Å². The van der Waals surface area contributed by atoms with Crippen LogP contribution in [0.15, 0.2) is 26.8 Å². The normalized spacial score (nSPS) is 21.1. The van der Waals surface area contributed by atoms with E-state index in [1.807, 2.05) is 19.1 Å². The van der Waals surface area contributed by atoms with Crippen LogP contribution in [0.1, 0.15) is 17.6 Å². The van der Waals surface area contributed by atoms with Crippen molar-refractivity contribution in [2.24, 2.45) is 15.9 Å². The lowest BCUT2D eigenvalue weighted by molar-refractivity contribution is 0.465. The Hall–Kier alpha value is -1.30. The van der Waals surface area contributed by atoms with Crippen LogP contribution < -0.4 is 11.1 Å². The molecule has 0 aromatic carbocycles. The highest BCUT2D eigenvalue weighted by Crippen LogP contribution is 2.22. The maximum atomic E-state index is 5.50. The summed E-state index contributed by atoms with van der Waals surface area (Å²) in [5, 5.41) is 10.5. The maximum Gasteiger partial charge on any atom is 0.214 e. The second-order valence-corrected chi connectivity index (χ2v) is 3.75. The lowest BCUT2D eigenvalue weighted by atomic mass is 10.2. The molecule has 1 unspecified atom stereocenters. The molecule has 0 saturated heterocycles. The van der Waals surface area contributed by atoms with E-state index in [-0.39, 0.29) is 12.0 Å². The SMILES string of the molecule is Cc1ccc(C2NC(N)=NN=C2Br)o1. The van der Waals surface area contributed by atoms with Crippen molar-refractivity contribution in [2.45, 2.75) is 13.0 Å². The van der Waals surface area contributed by atoms with Gasteiger partial charge in [0.25, 0.3) is 0 Å². The molecule has 74 valence electrons. The molecule has 3 N–H and O–H groups in total. The third-order valence-corrected chi connectivity index (χ3v) is 2.45. The van der Waals surface area contributed by atoms with E-state index in [0.29, 0.717) is 4.62 Å². The fraction of sp³-hybridized carbons (Fsp3) is 0.250. The minimum atomic E-state index is -0.179. The first-order chi connectivity index (χ1) is 6.66. The minimum absolute atomic E-state index is 0.179. The van der Waals surface area contributed by atoms with Crippen LogP contribution in [0.2, 0.25) is 0 Å². The number of furan rings is 1. The van der Waals surface area contributed by atoms with E-state index in [0.717, 1.165) is 11.5 Å². The van der Waals surface area contributed by atoms with Crippen molar-refractivity contribution in [3.05, 3.63) is 23.7 Å². The second-order valence-electron chi connectivity index (χ2n) is 2.93. The third-order valence-electron chi connectivity index (χ3n) is 1.83. The van der Waals surface area contributed by atoms with Crippen molar-refractivity contribution in [3.63, 3.8) is 0 Å². The zero-order valence-corrected chi connectivity index (χ0v) is 9.08. The van der Waals surface area contributed by atoms with E-state index in [1.54, 1.807) is 0 Å². The molecule has 0 fully saturated rings. The Labute approximate surface area is 89.2 Å². The highest BCUT2D eigenvalue weighted by molar-refractivity contribution is 9.18. The Kier molecular flexibility index (Phi) is 2.28. The summed E-state index contributed by atoms with van der Waals surface area (Å²) in [7, 11) is 0. The van der Waals surface area contributed by atoms with Gasteiger partial charge in [0.15, 0.2) is 0 Å². The van der Waals surface area contributed by atoms with Gasteiger partial charge in [-0.2, -0.15) is 0 Å². The van der Waals surface area contributed by atoms with Gasteiger partial charge in [-0.25, -0.2) is 0 Å². The molecule has 0 spiro atoms. The zero-order valence-electron chi connectivity index (χ0n) is 7.49. The number of nitrogens with zero attached hydrogens (tertiary/aromatic N) is 2. The predicted molar refractivity (Wildman–Crippen MR) is 57.3 cm³/mol. The van der Waals surface area contributed by atoms with Gasteiger partial charge in [0.1, 0.15) is 22.2 Å². The molecule has 1 atom stereocenters. The summed E-state index contributed by atoms with van der Waals surface area (Å²) >= 11 is 3.29. The molecule has 2 rings (SSSR count). The summed E-state index contributed by atoms with van der Waals surface area (Å²) in [5.41, 5.74) is 5.50. The summed E-state index contributed by atoms with van der Waals surface area (Å²) in [6.07, 6.45) is 0. The first kappa shape index (κ1) is 9.26. The van der Waals surface area contributed by atoms with Crippen molar-refractivity contribution >= 4 is 26.5 Å². The number of hydrogen-bond acceptors (Lipinski definition) is 5. The monoisotopic (exact) mass is 256 g/mol. The zero-order chi connectivity index (χ0) is 10.1. The van der Waals surface area contributed by atoms with Gasteiger partial charge in [-0.05, 0) is 35.0 Å². The molecule has 0 amide bonds. The average Bonchev–Trinajstić information content (AvgIpc) is 2.56. The van der Waals surface area contributed by atoms with Crippen LogP contribution >= 0.6 is 15.9 Å². The highest BCUT2D eigenvalue weighted by Gasteiger charge is 2.23. The molecule has 0 saturated carbocycles. The average molecular weight is 257 g/mol. The molecular weight excluding hydrogens is 248 g/mol. The van der Waals surface area contributed by atoms with Crippen LogP contribution in [0.5, 0.6) is 0 Å². The topological polar surface area (TPSA) is 75.9 Å². The molecule has 1 aliphatic rings. The standard InChI is InChI=1S/C8H9BrN4O/c1-4-2-3-5(14-4)6-7(9)12-13-8(10)11-6/h2-3,6H,1H3,(H3,10,11,13). The van der Waals surface area contributed by atoms with Crippen LogP contribution in [0.3, 0.4) is 0 Å². The lowest BCUT2D eigenvalue weighted by Gasteiger charge is -2.17. The highest BCUT2D eigenvalue weighted by atomic mass is 79.9. The molecule has 6 heteroatoms. The summed E-state index contributed by atoms with van der Waals surface area (Å²) < 4.78 is 6.11. The Morgan fingerprint density at radius 2 is 2.29 bits per heavy atom. The molecule has 0 radical (unpaired) electrons. The van der Waals surface area contributed by atoms with E-state index in [2.05, 4.69) is 31.4 Å². The van der Waals surface area contributed by atoms with Crippen LogP contribution in [-0.4, -0.2) is 10.6 Å². The van der Waals surface area contributed by atoms with Gasteiger partial charge >= 0.3 is 0 Å². The molecule has 2 heterocycles. The Bertz CT molecular complexity index is 409. The van der Waals surface area contributed by atoms with Gasteiger partial charge in [-0.3, -0.25) is 0 Å². The Balaban J connectivity index is 2.29. The molecular formula is C8H9BrN4O. The summed E-state index contributed by atoms with van der Waals surface area (Å²) in [4.78, 5) is 0. The van der Waals surface area contributed by atoms with Crippen molar-refractivity contribution < 1.29 is 4.42 Å². The van der Waals surface area contributed by atoms with E-state index >= 15 is 0 Å². The molecule has 0 aliphatic carbocycles. The Morgan fingerprint density at radius 1 is 1.50 bits per heavy atom. The van der Waals surface area contributed by atoms with E-state index < -0.39 is 0 Å². The lowest BCUT2D eigenvalue weighted by Crippen LogP contribution is -2.39. The van der Waals surface area contributed by atoms with Gasteiger partial charge in [0.2, 0.25) is 5.96 Å². The number of guanidine groups is 1. The first-order valence-corrected chi connectivity index (χ1v) is 4.85. The number of hydrogen-bond donors (Lipinski definition) is 2. The van der Waals surface area contributed by atoms with E-state index in [1.165, 1.54) is 0 Å². The minimum Gasteiger partial charge on any atom is -0.464 e. The number of nitrogens with two attached hydrogens (primary N) is 1. The number of halogens is 1. The fourth-order valence-electron chi connectivity index (χ4n) is 1.19. The molecule has 5 nitrogen and oxygen atoms in total. The largest absolute Gasteiger partial charge is 0.464 e. The van der Waals surface area contributed by atoms with Crippen molar-refractivity contribution in [1.82, 2.24) is 5.32 Å². The molecule has 14 heavy (non-hydrogen) atoms. The van der Waals surface area contributed by atoms with Gasteiger partial charge in [-0.1, -0.05) is 0 Å². The van der Waals surface area contributed by atoms with Crippen LogP contribution in [-0.2, 0) is 0 Å². The van der Waals surface area contributed by atoms with Crippen molar-refractivity contribution in [3.8, 4) is 0 Å². The summed E-state index contributed by atoms with van der Waals surface area (Å²) in [5.74, 6) is 1.89. The van der Waals surface area contributed by atoms with Crippen molar-refractivity contribution in [2.75, 3.05) is 0 Å². The molecule has 1 aromatic heterocycles. The smallest absolute Gasteiger partial charge is 0.214 e. The molecule has 0 bridgehead atoms. The van der Waals surface area contributed by atoms with Gasteiger partial charge in [0.05, 0.1) is 0 Å². The van der Waals surface area contributed by atoms with E-state index in [4.69, 9.17) is 10.2 Å². The van der Waals surface area contributed by atoms with E-state index in [9.17, 15) is 0 Å². The predicted octanol–water partition coefficient (Wildman–Crippen LogP) is 1.26. The first-order valence-electron chi connectivity index (χ1n) is 4.06. The number of aryl methyl sites for hydroxylation is 1. The quantitative estimate of drug-likeness (QED) is 0.795. The second kappa shape index (κ2) is 3.45. The number of rotatable bonds is 1. The summed E-state index contributed by atoms with van der Waals surface area (Å²) in [6, 6.07) is 3.59. The van der Waals surface area contributed by atoms with Crippen molar-refractivity contribution in [1.29, 1.82) is 0 Å². The fourth-order valence-corrected chi connectivity index (χ4v) is 1.61.